The number of fused-ring (bicyclic) bond motifs is 2. The quantitative estimate of drug-likeness (QED) is 0.164. The van der Waals surface area contributed by atoms with Gasteiger partial charge in [0.1, 0.15) is 0 Å². The zero-order valence-electron chi connectivity index (χ0n) is 27.9. The predicted molar refractivity (Wildman–Crippen MR) is 210 cm³/mol. The van der Waals surface area contributed by atoms with Crippen LogP contribution in [-0.2, 0) is 0 Å². The molecule has 9 rings (SSSR count). The van der Waals surface area contributed by atoms with Crippen LogP contribution in [0.25, 0.3) is 83.1 Å². The van der Waals surface area contributed by atoms with Crippen LogP contribution in [0.5, 0.6) is 5.75 Å². The minimum atomic E-state index is 0.00971. The fraction of sp³-hybridized carbons (Fsp3) is 0. The molecule has 0 amide bonds. The third kappa shape index (κ3) is 5.53. The summed E-state index contributed by atoms with van der Waals surface area (Å²) in [6.45, 7) is 0. The lowest BCUT2D eigenvalue weighted by molar-refractivity contribution is -0.572. The molecule has 0 aliphatic carbocycles. The summed E-state index contributed by atoms with van der Waals surface area (Å²) in [6.07, 6.45) is 0. The third-order valence-corrected chi connectivity index (χ3v) is 9.80. The fourth-order valence-electron chi connectivity index (χ4n) is 7.38. The van der Waals surface area contributed by atoms with Crippen molar-refractivity contribution in [3.8, 4) is 67.3 Å². The van der Waals surface area contributed by atoms with Crippen molar-refractivity contribution in [2.45, 2.75) is 0 Å². The molecule has 0 N–H and O–H groups in total. The van der Waals surface area contributed by atoms with Crippen LogP contribution in [0.3, 0.4) is 0 Å². The van der Waals surface area contributed by atoms with Crippen LogP contribution in [0.15, 0.2) is 200 Å². The van der Waals surface area contributed by atoms with Crippen molar-refractivity contribution in [3.63, 3.8) is 0 Å². The summed E-state index contributed by atoms with van der Waals surface area (Å²) in [5, 5.41) is 19.3. The van der Waals surface area contributed by atoms with Gasteiger partial charge in [-0.05, 0) is 79.2 Å². The highest BCUT2D eigenvalue weighted by molar-refractivity contribution is 6.03. The van der Waals surface area contributed by atoms with E-state index in [1.165, 1.54) is 0 Å². The van der Waals surface area contributed by atoms with Crippen LogP contribution in [0.4, 0.5) is 0 Å². The molecule has 9 aromatic rings. The topological polar surface area (TPSA) is 26.9 Å². The Morgan fingerprint density at radius 1 is 0.314 bits per heavy atom. The Morgan fingerprint density at radius 3 is 1.18 bits per heavy atom. The van der Waals surface area contributed by atoms with Crippen LogP contribution in [0.2, 0.25) is 0 Å². The van der Waals surface area contributed by atoms with E-state index in [-0.39, 0.29) is 5.75 Å². The molecule has 0 saturated heterocycles. The van der Waals surface area contributed by atoms with Crippen LogP contribution in [0, 0.1) is 0 Å². The van der Waals surface area contributed by atoms with Crippen molar-refractivity contribution in [3.05, 3.63) is 200 Å². The third-order valence-electron chi connectivity index (χ3n) is 9.80. The summed E-state index contributed by atoms with van der Waals surface area (Å²) < 4.78 is 2.33. The number of pyridine rings is 1. The molecule has 1 aromatic heterocycles. The van der Waals surface area contributed by atoms with E-state index in [0.717, 1.165) is 72.0 Å². The monoisotopic (exact) mass is 651 g/mol. The van der Waals surface area contributed by atoms with Crippen molar-refractivity contribution >= 4 is 21.5 Å². The first-order valence-corrected chi connectivity index (χ1v) is 17.3. The van der Waals surface area contributed by atoms with Gasteiger partial charge in [-0.1, -0.05) is 157 Å². The molecule has 2 nitrogen and oxygen atoms in total. The van der Waals surface area contributed by atoms with E-state index < -0.39 is 0 Å². The van der Waals surface area contributed by atoms with Gasteiger partial charge in [0.25, 0.3) is 0 Å². The molecule has 0 saturated carbocycles. The Kier molecular flexibility index (Phi) is 7.68. The zero-order chi connectivity index (χ0) is 34.1. The molecule has 0 aliphatic heterocycles. The maximum Gasteiger partial charge on any atom is 0.219 e. The molecule has 0 spiro atoms. The molecule has 51 heavy (non-hydrogen) atoms. The van der Waals surface area contributed by atoms with Gasteiger partial charge < -0.3 is 5.11 Å². The fourth-order valence-corrected chi connectivity index (χ4v) is 7.38. The number of benzene rings is 8. The zero-order valence-corrected chi connectivity index (χ0v) is 27.9. The van der Waals surface area contributed by atoms with Crippen molar-refractivity contribution in [1.29, 1.82) is 0 Å². The number of nitrogens with zero attached hydrogens (tertiary/aromatic N) is 1. The maximum absolute atomic E-state index is 15.0. The predicted octanol–water partition coefficient (Wildman–Crippen LogP) is 11.7. The molecule has 0 unspecified atom stereocenters. The lowest BCUT2D eigenvalue weighted by Crippen LogP contribution is -2.36. The second kappa shape index (κ2) is 12.9. The van der Waals surface area contributed by atoms with Gasteiger partial charge in [-0.3, -0.25) is 0 Å². The Hall–Kier alpha value is -6.77. The van der Waals surface area contributed by atoms with Gasteiger partial charge in [-0.15, -0.1) is 0 Å². The standard InChI is InChI=1S/C49H33NO/c51-49-45(43-28-14-24-35-18-10-12-26-41(35)43)32-40(33-46(49)44-29-15-25-36-19-11-13-27-42(36)44)50-47(37-20-6-2-7-21-37)30-39(34-16-4-1-5-17-34)31-48(50)38-22-8-3-9-23-38/h1-33H. The Balaban J connectivity index is 1.43. The van der Waals surface area contributed by atoms with Crippen LogP contribution < -0.4 is 9.67 Å². The van der Waals surface area contributed by atoms with E-state index >= 15 is 0 Å². The molecule has 0 atom stereocenters. The van der Waals surface area contributed by atoms with Gasteiger partial charge >= 0.3 is 0 Å². The molecule has 0 fully saturated rings. The average Bonchev–Trinajstić information content (AvgIpc) is 3.21. The van der Waals surface area contributed by atoms with Gasteiger partial charge in [0, 0.05) is 35.4 Å². The second-order valence-corrected chi connectivity index (χ2v) is 12.9. The van der Waals surface area contributed by atoms with Crippen LogP contribution >= 0.6 is 0 Å². The highest BCUT2D eigenvalue weighted by atomic mass is 16.3. The first-order valence-electron chi connectivity index (χ1n) is 17.3. The first-order chi connectivity index (χ1) is 25.2. The molecule has 8 aromatic carbocycles. The molecular formula is C49H33NO. The Morgan fingerprint density at radius 2 is 0.706 bits per heavy atom. The molecule has 0 aliphatic rings. The van der Waals surface area contributed by atoms with Gasteiger partial charge in [0.05, 0.1) is 0 Å². The maximum atomic E-state index is 15.0. The molecule has 0 radical (unpaired) electrons. The van der Waals surface area contributed by atoms with E-state index in [0.29, 0.717) is 11.1 Å². The summed E-state index contributed by atoms with van der Waals surface area (Å²) >= 11 is 0. The number of hydrogen-bond acceptors (Lipinski definition) is 1. The van der Waals surface area contributed by atoms with Gasteiger partial charge in [0.15, 0.2) is 0 Å². The van der Waals surface area contributed by atoms with Crippen molar-refractivity contribution < 1.29 is 9.67 Å². The smallest absolute Gasteiger partial charge is 0.219 e. The van der Waals surface area contributed by atoms with E-state index in [2.05, 4.69) is 168 Å². The largest absolute Gasteiger partial charge is 0.872 e. The lowest BCUT2D eigenvalue weighted by atomic mass is 9.90. The summed E-state index contributed by atoms with van der Waals surface area (Å²) in [5.41, 5.74) is 10.6. The molecule has 240 valence electrons. The van der Waals surface area contributed by atoms with E-state index in [4.69, 9.17) is 0 Å². The number of aromatic nitrogens is 1. The first kappa shape index (κ1) is 30.3. The normalized spacial score (nSPS) is 11.2. The minimum Gasteiger partial charge on any atom is -0.872 e. The lowest BCUT2D eigenvalue weighted by Gasteiger charge is -2.23. The molecular weight excluding hydrogens is 619 g/mol. The SMILES string of the molecule is [O-]c1c(-c2cccc3ccccc23)cc(-[n+]2c(-c3ccccc3)cc(-c3ccccc3)cc2-c2ccccc2)cc1-c1cccc2ccccc12. The summed E-state index contributed by atoms with van der Waals surface area (Å²) in [7, 11) is 0. The van der Waals surface area contributed by atoms with E-state index in [1.807, 2.05) is 36.4 Å². The Labute approximate surface area is 297 Å². The molecule has 1 heterocycles. The summed E-state index contributed by atoms with van der Waals surface area (Å²) in [5.74, 6) is 0.00971. The van der Waals surface area contributed by atoms with Crippen LogP contribution in [-0.4, -0.2) is 0 Å². The number of hydrogen-bond donors (Lipinski definition) is 0. The van der Waals surface area contributed by atoms with Gasteiger partial charge in [0.2, 0.25) is 17.1 Å². The average molecular weight is 652 g/mol. The van der Waals surface area contributed by atoms with Gasteiger partial charge in [-0.25, -0.2) is 0 Å². The van der Waals surface area contributed by atoms with Crippen LogP contribution in [0.1, 0.15) is 0 Å². The van der Waals surface area contributed by atoms with E-state index in [1.54, 1.807) is 0 Å². The Bertz CT molecular complexity index is 2510. The minimum absolute atomic E-state index is 0.00971. The van der Waals surface area contributed by atoms with E-state index in [9.17, 15) is 5.11 Å². The molecule has 0 bridgehead atoms. The summed E-state index contributed by atoms with van der Waals surface area (Å²) in [6, 6.07) is 69.5. The van der Waals surface area contributed by atoms with Crippen molar-refractivity contribution in [1.82, 2.24) is 0 Å². The number of rotatable bonds is 6. The highest BCUT2D eigenvalue weighted by Crippen LogP contribution is 2.43. The highest BCUT2D eigenvalue weighted by Gasteiger charge is 2.27. The van der Waals surface area contributed by atoms with Gasteiger partial charge in [-0.2, -0.15) is 4.57 Å². The van der Waals surface area contributed by atoms with Crippen molar-refractivity contribution in [2.75, 3.05) is 0 Å². The summed E-state index contributed by atoms with van der Waals surface area (Å²) in [4.78, 5) is 0. The second-order valence-electron chi connectivity index (χ2n) is 12.9. The van der Waals surface area contributed by atoms with Crippen molar-refractivity contribution in [2.24, 2.45) is 0 Å². The molecule has 2 heteroatoms.